The monoisotopic (exact) mass is 345 g/mol. The number of aryl methyl sites for hydroxylation is 1. The number of hydrogen-bond acceptors (Lipinski definition) is 3. The Bertz CT molecular complexity index is 926. The first-order chi connectivity index (χ1) is 12.7. The maximum absolute atomic E-state index is 12.8. The number of hydrogen-bond donors (Lipinski definition) is 1. The van der Waals surface area contributed by atoms with E-state index >= 15 is 0 Å². The molecule has 1 atom stereocenters. The number of para-hydroxylation sites is 1. The van der Waals surface area contributed by atoms with Gasteiger partial charge in [0, 0.05) is 12.1 Å². The Balaban J connectivity index is 1.78. The highest BCUT2D eigenvalue weighted by Crippen LogP contribution is 2.33. The van der Waals surface area contributed by atoms with Gasteiger partial charge in [-0.25, -0.2) is 4.68 Å². The van der Waals surface area contributed by atoms with E-state index in [9.17, 15) is 4.79 Å². The van der Waals surface area contributed by atoms with Crippen LogP contribution in [0.4, 0.5) is 11.5 Å². The van der Waals surface area contributed by atoms with Crippen molar-refractivity contribution in [2.45, 2.75) is 33.1 Å². The van der Waals surface area contributed by atoms with Gasteiger partial charge in [-0.05, 0) is 48.6 Å². The van der Waals surface area contributed by atoms with E-state index < -0.39 is 0 Å². The molecule has 0 fully saturated rings. The van der Waals surface area contributed by atoms with Crippen LogP contribution in [0.2, 0.25) is 0 Å². The molecule has 1 aromatic heterocycles. The van der Waals surface area contributed by atoms with Gasteiger partial charge in [0.05, 0.1) is 16.9 Å². The number of benzene rings is 2. The fraction of sp³-hybridized carbons (Fsp3) is 0.273. The first-order valence-corrected chi connectivity index (χ1v) is 9.22. The van der Waals surface area contributed by atoms with Crippen molar-refractivity contribution < 1.29 is 4.79 Å². The van der Waals surface area contributed by atoms with Gasteiger partial charge in [0.15, 0.2) is 11.6 Å². The van der Waals surface area contributed by atoms with Gasteiger partial charge < -0.3 is 5.32 Å². The Labute approximate surface area is 153 Å². The van der Waals surface area contributed by atoms with E-state index in [0.717, 1.165) is 35.5 Å². The minimum Gasteiger partial charge on any atom is -0.338 e. The summed E-state index contributed by atoms with van der Waals surface area (Å²) in [5.41, 5.74) is 4.98. The van der Waals surface area contributed by atoms with Gasteiger partial charge in [-0.1, -0.05) is 44.2 Å². The molecular formula is C22H23N3O. The summed E-state index contributed by atoms with van der Waals surface area (Å²) in [6.07, 6.45) is 2.45. The standard InChI is InChI=1S/C22H23N3O/c1-3-16-9-11-17(12-10-16)23-22-21-19(13-15(2)14-20(21)26)25(24-22)18-7-5-4-6-8-18/h4-12,15H,3,13-14H2,1-2H3,(H,23,24)/t15-/m0/s1. The van der Waals surface area contributed by atoms with Gasteiger partial charge in [-0.3, -0.25) is 4.79 Å². The number of ketones is 1. The van der Waals surface area contributed by atoms with E-state index in [1.807, 2.05) is 47.1 Å². The van der Waals surface area contributed by atoms with Gasteiger partial charge in [-0.2, -0.15) is 0 Å². The molecule has 1 aliphatic carbocycles. The van der Waals surface area contributed by atoms with Crippen LogP contribution in [0.25, 0.3) is 5.69 Å². The summed E-state index contributed by atoms with van der Waals surface area (Å²) in [6, 6.07) is 18.3. The number of carbonyl (C=O) groups excluding carboxylic acids is 1. The third-order valence-electron chi connectivity index (χ3n) is 4.96. The van der Waals surface area contributed by atoms with Gasteiger partial charge >= 0.3 is 0 Å². The predicted octanol–water partition coefficient (Wildman–Crippen LogP) is 4.94. The second-order valence-corrected chi connectivity index (χ2v) is 7.03. The van der Waals surface area contributed by atoms with Crippen LogP contribution in [0.5, 0.6) is 0 Å². The van der Waals surface area contributed by atoms with Crippen LogP contribution in [0.15, 0.2) is 54.6 Å². The summed E-state index contributed by atoms with van der Waals surface area (Å²) >= 11 is 0. The normalized spacial score (nSPS) is 16.4. The molecule has 132 valence electrons. The summed E-state index contributed by atoms with van der Waals surface area (Å²) in [5.74, 6) is 1.17. The van der Waals surface area contributed by atoms with Crippen molar-refractivity contribution in [2.24, 2.45) is 5.92 Å². The Morgan fingerprint density at radius 1 is 1.08 bits per heavy atom. The number of aromatic nitrogens is 2. The van der Waals surface area contributed by atoms with Crippen LogP contribution in [-0.4, -0.2) is 15.6 Å². The fourth-order valence-electron chi connectivity index (χ4n) is 3.59. The molecule has 1 heterocycles. The van der Waals surface area contributed by atoms with Crippen LogP contribution in [0, 0.1) is 5.92 Å². The third kappa shape index (κ3) is 3.03. The van der Waals surface area contributed by atoms with E-state index in [4.69, 9.17) is 5.10 Å². The molecule has 0 saturated carbocycles. The number of nitrogens with zero attached hydrogens (tertiary/aromatic N) is 2. The number of rotatable bonds is 4. The molecule has 1 aliphatic rings. The van der Waals surface area contributed by atoms with Crippen LogP contribution >= 0.6 is 0 Å². The number of anilines is 2. The SMILES string of the molecule is CCc1ccc(Nc2nn(-c3ccccc3)c3c2C(=O)C[C@@H](C)C3)cc1. The maximum Gasteiger partial charge on any atom is 0.168 e. The number of nitrogens with one attached hydrogen (secondary N) is 1. The summed E-state index contributed by atoms with van der Waals surface area (Å²) in [5, 5.41) is 8.14. The largest absolute Gasteiger partial charge is 0.338 e. The second-order valence-electron chi connectivity index (χ2n) is 7.03. The van der Waals surface area contributed by atoms with E-state index in [2.05, 4.69) is 31.3 Å². The lowest BCUT2D eigenvalue weighted by atomic mass is 9.87. The number of Topliss-reactive ketones (excluding diaryl/α,β-unsaturated/α-hetero) is 1. The lowest BCUT2D eigenvalue weighted by Gasteiger charge is -2.19. The molecule has 4 nitrogen and oxygen atoms in total. The molecule has 1 N–H and O–H groups in total. The highest BCUT2D eigenvalue weighted by molar-refractivity contribution is 6.03. The number of fused-ring (bicyclic) bond motifs is 1. The smallest absolute Gasteiger partial charge is 0.168 e. The van der Waals surface area contributed by atoms with E-state index in [0.29, 0.717) is 18.2 Å². The van der Waals surface area contributed by atoms with Gasteiger partial charge in [0.25, 0.3) is 0 Å². The average molecular weight is 345 g/mol. The van der Waals surface area contributed by atoms with E-state index in [1.165, 1.54) is 5.56 Å². The minimum atomic E-state index is 0.175. The molecule has 0 unspecified atom stereocenters. The van der Waals surface area contributed by atoms with Crippen molar-refractivity contribution in [1.29, 1.82) is 0 Å². The van der Waals surface area contributed by atoms with Crippen LogP contribution in [0.3, 0.4) is 0 Å². The minimum absolute atomic E-state index is 0.175. The maximum atomic E-state index is 12.8. The summed E-state index contributed by atoms with van der Waals surface area (Å²) in [7, 11) is 0. The summed E-state index contributed by atoms with van der Waals surface area (Å²) in [6.45, 7) is 4.26. The van der Waals surface area contributed by atoms with Crippen LogP contribution < -0.4 is 5.32 Å². The molecule has 0 saturated heterocycles. The van der Waals surface area contributed by atoms with Crippen molar-refractivity contribution in [3.8, 4) is 5.69 Å². The van der Waals surface area contributed by atoms with Crippen LogP contribution in [-0.2, 0) is 12.8 Å². The quantitative estimate of drug-likeness (QED) is 0.728. The molecule has 3 aromatic rings. The van der Waals surface area contributed by atoms with Gasteiger partial charge in [0.1, 0.15) is 0 Å². The molecular weight excluding hydrogens is 322 g/mol. The Morgan fingerprint density at radius 2 is 1.81 bits per heavy atom. The van der Waals surface area contributed by atoms with Crippen molar-refractivity contribution in [3.63, 3.8) is 0 Å². The molecule has 0 amide bonds. The lowest BCUT2D eigenvalue weighted by molar-refractivity contribution is 0.0953. The molecule has 0 radical (unpaired) electrons. The molecule has 0 aliphatic heterocycles. The Kier molecular flexibility index (Phi) is 4.33. The molecule has 26 heavy (non-hydrogen) atoms. The fourth-order valence-corrected chi connectivity index (χ4v) is 3.59. The number of carbonyl (C=O) groups is 1. The molecule has 4 heteroatoms. The average Bonchev–Trinajstić information content (AvgIpc) is 3.01. The zero-order valence-corrected chi connectivity index (χ0v) is 15.2. The topological polar surface area (TPSA) is 46.9 Å². The zero-order valence-electron chi connectivity index (χ0n) is 15.2. The van der Waals surface area contributed by atoms with Crippen LogP contribution in [0.1, 0.15) is 41.9 Å². The first-order valence-electron chi connectivity index (χ1n) is 9.22. The highest BCUT2D eigenvalue weighted by atomic mass is 16.1. The second kappa shape index (κ2) is 6.79. The highest BCUT2D eigenvalue weighted by Gasteiger charge is 2.31. The molecule has 0 spiro atoms. The summed E-state index contributed by atoms with van der Waals surface area (Å²) < 4.78 is 1.92. The van der Waals surface area contributed by atoms with Crippen molar-refractivity contribution in [3.05, 3.63) is 71.4 Å². The van der Waals surface area contributed by atoms with E-state index in [1.54, 1.807) is 0 Å². The third-order valence-corrected chi connectivity index (χ3v) is 4.96. The predicted molar refractivity (Wildman–Crippen MR) is 104 cm³/mol. The van der Waals surface area contributed by atoms with Gasteiger partial charge in [-0.15, -0.1) is 5.10 Å². The Hall–Kier alpha value is -2.88. The molecule has 0 bridgehead atoms. The van der Waals surface area contributed by atoms with Crippen molar-refractivity contribution in [2.75, 3.05) is 5.32 Å². The zero-order chi connectivity index (χ0) is 18.1. The van der Waals surface area contributed by atoms with Gasteiger partial charge in [0.2, 0.25) is 0 Å². The molecule has 4 rings (SSSR count). The lowest BCUT2D eigenvalue weighted by Crippen LogP contribution is -2.19. The summed E-state index contributed by atoms with van der Waals surface area (Å²) in [4.78, 5) is 12.8. The van der Waals surface area contributed by atoms with Crippen molar-refractivity contribution in [1.82, 2.24) is 9.78 Å². The molecule has 2 aromatic carbocycles. The van der Waals surface area contributed by atoms with E-state index in [-0.39, 0.29) is 5.78 Å². The Morgan fingerprint density at radius 3 is 2.50 bits per heavy atom. The van der Waals surface area contributed by atoms with Crippen molar-refractivity contribution >= 4 is 17.3 Å². The first kappa shape index (κ1) is 16.6.